The minimum atomic E-state index is -0.178. The van der Waals surface area contributed by atoms with Gasteiger partial charge in [0.25, 0.3) is 0 Å². The van der Waals surface area contributed by atoms with Crippen molar-refractivity contribution >= 4 is 6.21 Å². The number of phenols is 2. The minimum Gasteiger partial charge on any atom is -0.504 e. The average molecular weight is 257 g/mol. The first-order chi connectivity index (χ1) is 9.15. The Bertz CT molecular complexity index is 576. The van der Waals surface area contributed by atoms with Crippen molar-refractivity contribution in [3.8, 4) is 11.5 Å². The number of aromatic hydroxyl groups is 2. The quantitative estimate of drug-likeness (QED) is 0.503. The lowest BCUT2D eigenvalue weighted by molar-refractivity contribution is 0.132. The van der Waals surface area contributed by atoms with E-state index in [2.05, 4.69) is 5.16 Å². The fourth-order valence-corrected chi connectivity index (χ4v) is 1.51. The van der Waals surface area contributed by atoms with E-state index in [0.717, 1.165) is 5.56 Å². The molecule has 0 aliphatic rings. The standard InChI is InChI=1S/C15H15NO3/c1-11-2-4-12(5-3-11)10-19-16-9-13-6-7-14(17)15(18)8-13/h2-9,17-18H,10H2,1H3/b16-9+. The van der Waals surface area contributed by atoms with Gasteiger partial charge >= 0.3 is 0 Å². The van der Waals surface area contributed by atoms with Gasteiger partial charge in [0.05, 0.1) is 6.21 Å². The number of hydrogen-bond acceptors (Lipinski definition) is 4. The van der Waals surface area contributed by atoms with Crippen LogP contribution in [0.2, 0.25) is 0 Å². The van der Waals surface area contributed by atoms with Gasteiger partial charge in [0.15, 0.2) is 11.5 Å². The zero-order chi connectivity index (χ0) is 13.7. The Balaban J connectivity index is 1.89. The molecule has 0 bridgehead atoms. The molecule has 19 heavy (non-hydrogen) atoms. The third-order valence-corrected chi connectivity index (χ3v) is 2.63. The third-order valence-electron chi connectivity index (χ3n) is 2.63. The molecule has 0 saturated heterocycles. The summed E-state index contributed by atoms with van der Waals surface area (Å²) in [5.41, 5.74) is 2.89. The molecule has 2 N–H and O–H groups in total. The van der Waals surface area contributed by atoms with Crippen LogP contribution in [0.15, 0.2) is 47.6 Å². The summed E-state index contributed by atoms with van der Waals surface area (Å²) in [7, 11) is 0. The molecule has 0 radical (unpaired) electrons. The summed E-state index contributed by atoms with van der Waals surface area (Å²) >= 11 is 0. The molecule has 98 valence electrons. The van der Waals surface area contributed by atoms with Crippen LogP contribution in [-0.2, 0) is 11.4 Å². The summed E-state index contributed by atoms with van der Waals surface area (Å²) < 4.78 is 0. The normalized spacial score (nSPS) is 10.8. The molecule has 2 aromatic carbocycles. The Morgan fingerprint density at radius 3 is 2.47 bits per heavy atom. The summed E-state index contributed by atoms with van der Waals surface area (Å²) in [6, 6.07) is 12.4. The second kappa shape index (κ2) is 5.91. The van der Waals surface area contributed by atoms with Gasteiger partial charge in [0.2, 0.25) is 0 Å². The number of aryl methyl sites for hydroxylation is 1. The monoisotopic (exact) mass is 257 g/mol. The third kappa shape index (κ3) is 3.74. The SMILES string of the molecule is Cc1ccc(CO/N=C/c2ccc(O)c(O)c2)cc1. The number of phenolic OH excluding ortho intramolecular Hbond substituents is 2. The largest absolute Gasteiger partial charge is 0.504 e. The molecule has 4 nitrogen and oxygen atoms in total. The van der Waals surface area contributed by atoms with E-state index in [1.54, 1.807) is 6.07 Å². The molecule has 0 unspecified atom stereocenters. The van der Waals surface area contributed by atoms with Gasteiger partial charge in [-0.15, -0.1) is 0 Å². The van der Waals surface area contributed by atoms with E-state index >= 15 is 0 Å². The summed E-state index contributed by atoms with van der Waals surface area (Å²) in [6.45, 7) is 2.42. The maximum absolute atomic E-state index is 9.31. The van der Waals surface area contributed by atoms with Crippen molar-refractivity contribution < 1.29 is 15.1 Å². The van der Waals surface area contributed by atoms with E-state index < -0.39 is 0 Å². The summed E-state index contributed by atoms with van der Waals surface area (Å²) in [4.78, 5) is 5.16. The molecular formula is C15H15NO3. The Morgan fingerprint density at radius 1 is 1.05 bits per heavy atom. The van der Waals surface area contributed by atoms with Crippen LogP contribution in [0.25, 0.3) is 0 Å². The van der Waals surface area contributed by atoms with E-state index in [1.165, 1.54) is 23.9 Å². The molecule has 0 fully saturated rings. The topological polar surface area (TPSA) is 62.0 Å². The Morgan fingerprint density at radius 2 is 1.79 bits per heavy atom. The zero-order valence-corrected chi connectivity index (χ0v) is 10.6. The highest BCUT2D eigenvalue weighted by Crippen LogP contribution is 2.23. The summed E-state index contributed by atoms with van der Waals surface area (Å²) in [5.74, 6) is -0.333. The Labute approximate surface area is 111 Å². The number of rotatable bonds is 4. The molecule has 0 amide bonds. The second-order valence-electron chi connectivity index (χ2n) is 4.24. The molecule has 0 aliphatic heterocycles. The number of nitrogens with zero attached hydrogens (tertiary/aromatic N) is 1. The van der Waals surface area contributed by atoms with E-state index in [1.807, 2.05) is 31.2 Å². The summed E-state index contributed by atoms with van der Waals surface area (Å²) in [5, 5.41) is 22.3. The van der Waals surface area contributed by atoms with Gasteiger partial charge in [-0.1, -0.05) is 35.0 Å². The fraction of sp³-hybridized carbons (Fsp3) is 0.133. The highest BCUT2D eigenvalue weighted by atomic mass is 16.6. The molecule has 0 spiro atoms. The molecule has 0 aromatic heterocycles. The van der Waals surface area contributed by atoms with Crippen molar-refractivity contribution in [2.45, 2.75) is 13.5 Å². The molecule has 0 saturated carbocycles. The maximum Gasteiger partial charge on any atom is 0.158 e. The second-order valence-corrected chi connectivity index (χ2v) is 4.24. The van der Waals surface area contributed by atoms with Gasteiger partial charge in [-0.05, 0) is 36.2 Å². The van der Waals surface area contributed by atoms with Crippen LogP contribution in [0.3, 0.4) is 0 Å². The lowest BCUT2D eigenvalue weighted by atomic mass is 10.2. The van der Waals surface area contributed by atoms with Crippen molar-refractivity contribution in [3.05, 3.63) is 59.2 Å². The molecule has 2 aromatic rings. The molecule has 2 rings (SSSR count). The predicted molar refractivity (Wildman–Crippen MR) is 73.3 cm³/mol. The zero-order valence-electron chi connectivity index (χ0n) is 10.6. The van der Waals surface area contributed by atoms with Crippen molar-refractivity contribution in [1.29, 1.82) is 0 Å². The van der Waals surface area contributed by atoms with Crippen molar-refractivity contribution in [1.82, 2.24) is 0 Å². The molecular weight excluding hydrogens is 242 g/mol. The van der Waals surface area contributed by atoms with Crippen molar-refractivity contribution in [2.24, 2.45) is 5.16 Å². The number of benzene rings is 2. The van der Waals surface area contributed by atoms with Gasteiger partial charge in [0.1, 0.15) is 6.61 Å². The van der Waals surface area contributed by atoms with Crippen LogP contribution in [-0.4, -0.2) is 16.4 Å². The lowest BCUT2D eigenvalue weighted by Gasteiger charge is -2.01. The van der Waals surface area contributed by atoms with E-state index in [4.69, 9.17) is 9.94 Å². The Kier molecular flexibility index (Phi) is 4.03. The van der Waals surface area contributed by atoms with E-state index in [-0.39, 0.29) is 11.5 Å². The molecule has 4 heteroatoms. The van der Waals surface area contributed by atoms with Crippen LogP contribution in [0.4, 0.5) is 0 Å². The van der Waals surface area contributed by atoms with Gasteiger partial charge in [-0.25, -0.2) is 0 Å². The minimum absolute atomic E-state index is 0.155. The first-order valence-corrected chi connectivity index (χ1v) is 5.88. The van der Waals surface area contributed by atoms with Crippen LogP contribution < -0.4 is 0 Å². The van der Waals surface area contributed by atoms with E-state index in [0.29, 0.717) is 12.2 Å². The van der Waals surface area contributed by atoms with Crippen molar-refractivity contribution in [3.63, 3.8) is 0 Å². The molecule has 0 heterocycles. The van der Waals surface area contributed by atoms with Gasteiger partial charge in [0, 0.05) is 0 Å². The Hall–Kier alpha value is -2.49. The number of oxime groups is 1. The van der Waals surface area contributed by atoms with Crippen molar-refractivity contribution in [2.75, 3.05) is 0 Å². The maximum atomic E-state index is 9.31. The first kappa shape index (κ1) is 13.0. The predicted octanol–water partition coefficient (Wildman–Crippen LogP) is 2.96. The molecule has 0 atom stereocenters. The van der Waals surface area contributed by atoms with Gasteiger partial charge in [-0.2, -0.15) is 0 Å². The van der Waals surface area contributed by atoms with Crippen LogP contribution in [0.5, 0.6) is 11.5 Å². The smallest absolute Gasteiger partial charge is 0.158 e. The highest BCUT2D eigenvalue weighted by molar-refractivity contribution is 5.80. The van der Waals surface area contributed by atoms with Crippen LogP contribution in [0, 0.1) is 6.92 Å². The molecule has 0 aliphatic carbocycles. The van der Waals surface area contributed by atoms with Gasteiger partial charge < -0.3 is 15.1 Å². The highest BCUT2D eigenvalue weighted by Gasteiger charge is 1.98. The first-order valence-electron chi connectivity index (χ1n) is 5.88. The summed E-state index contributed by atoms with van der Waals surface area (Å²) in [6.07, 6.45) is 1.48. The van der Waals surface area contributed by atoms with Crippen LogP contribution >= 0.6 is 0 Å². The number of hydrogen-bond donors (Lipinski definition) is 2. The van der Waals surface area contributed by atoms with Crippen LogP contribution in [0.1, 0.15) is 16.7 Å². The fourth-order valence-electron chi connectivity index (χ4n) is 1.51. The van der Waals surface area contributed by atoms with E-state index in [9.17, 15) is 5.11 Å². The average Bonchev–Trinajstić information content (AvgIpc) is 2.41. The lowest BCUT2D eigenvalue weighted by Crippen LogP contribution is -1.88. The van der Waals surface area contributed by atoms with Gasteiger partial charge in [-0.3, -0.25) is 0 Å².